The largest absolute Gasteiger partial charge is 0.381 e. The maximum atomic E-state index is 13.6. The molecule has 0 unspecified atom stereocenters. The summed E-state index contributed by atoms with van der Waals surface area (Å²) < 4.78 is 13.6. The van der Waals surface area contributed by atoms with Crippen LogP contribution in [0.15, 0.2) is 18.5 Å². The second kappa shape index (κ2) is 6.50. The van der Waals surface area contributed by atoms with Crippen LogP contribution < -0.4 is 5.32 Å². The fourth-order valence-corrected chi connectivity index (χ4v) is 2.85. The van der Waals surface area contributed by atoms with E-state index < -0.39 is 0 Å². The van der Waals surface area contributed by atoms with Gasteiger partial charge in [0.15, 0.2) is 5.82 Å². The Hall–Kier alpha value is -1.20. The van der Waals surface area contributed by atoms with E-state index in [2.05, 4.69) is 41.1 Å². The van der Waals surface area contributed by atoms with Gasteiger partial charge in [-0.05, 0) is 52.6 Å². The highest BCUT2D eigenvalue weighted by Crippen LogP contribution is 2.28. The summed E-state index contributed by atoms with van der Waals surface area (Å²) in [5.74, 6) is -0.285. The molecule has 0 radical (unpaired) electrons. The maximum Gasteiger partial charge on any atom is 0.164 e. The third-order valence-corrected chi connectivity index (χ3v) is 4.56. The van der Waals surface area contributed by atoms with Gasteiger partial charge in [0, 0.05) is 18.3 Å². The summed E-state index contributed by atoms with van der Waals surface area (Å²) in [5, 5.41) is 3.26. The van der Waals surface area contributed by atoms with Crippen LogP contribution in [0.5, 0.6) is 0 Å². The molecule has 1 aliphatic rings. The second-order valence-corrected chi connectivity index (χ2v) is 5.76. The zero-order valence-electron chi connectivity index (χ0n) is 12.7. The number of nitrogens with one attached hydrogen (secondary N) is 1. The van der Waals surface area contributed by atoms with Crippen LogP contribution >= 0.6 is 0 Å². The maximum absolute atomic E-state index is 13.6. The summed E-state index contributed by atoms with van der Waals surface area (Å²) in [6.07, 6.45) is 5.08. The fourth-order valence-electron chi connectivity index (χ4n) is 2.85. The monoisotopic (exact) mass is 280 g/mol. The molecular weight excluding hydrogens is 255 g/mol. The Morgan fingerprint density at radius 3 is 2.65 bits per heavy atom. The molecule has 0 spiro atoms. The molecule has 0 aromatic carbocycles. The molecule has 5 heteroatoms. The number of hydrogen-bond acceptors (Lipinski definition) is 4. The Labute approximate surface area is 121 Å². The first-order chi connectivity index (χ1) is 9.57. The fraction of sp³-hybridized carbons (Fsp3) is 0.667. The lowest BCUT2D eigenvalue weighted by Gasteiger charge is -2.46. The van der Waals surface area contributed by atoms with E-state index in [0.717, 1.165) is 39.0 Å². The SMILES string of the molecule is CCN1CCC(CNc2ccncc2F)(N(C)C)CC1. The van der Waals surface area contributed by atoms with Crippen LogP contribution in [-0.2, 0) is 0 Å². The first-order valence-corrected chi connectivity index (χ1v) is 7.30. The van der Waals surface area contributed by atoms with Gasteiger partial charge in [-0.25, -0.2) is 4.39 Å². The number of nitrogens with zero attached hydrogens (tertiary/aromatic N) is 3. The minimum Gasteiger partial charge on any atom is -0.381 e. The van der Waals surface area contributed by atoms with Crippen molar-refractivity contribution >= 4 is 5.69 Å². The van der Waals surface area contributed by atoms with Crippen molar-refractivity contribution in [2.24, 2.45) is 0 Å². The molecule has 1 saturated heterocycles. The van der Waals surface area contributed by atoms with Crippen molar-refractivity contribution < 1.29 is 4.39 Å². The van der Waals surface area contributed by atoms with Gasteiger partial charge in [-0.2, -0.15) is 0 Å². The van der Waals surface area contributed by atoms with Crippen LogP contribution in [0.1, 0.15) is 19.8 Å². The van der Waals surface area contributed by atoms with E-state index in [1.54, 1.807) is 12.3 Å². The number of anilines is 1. The molecule has 0 atom stereocenters. The van der Waals surface area contributed by atoms with Crippen molar-refractivity contribution in [3.05, 3.63) is 24.3 Å². The molecule has 1 aromatic heterocycles. The lowest BCUT2D eigenvalue weighted by molar-refractivity contribution is 0.0686. The molecule has 0 amide bonds. The summed E-state index contributed by atoms with van der Waals surface area (Å²) in [7, 11) is 4.23. The standard InChI is InChI=1S/C15H25FN4/c1-4-20-9-6-15(7-10-20,19(2)3)12-18-14-5-8-17-11-13(14)16/h5,8,11H,4,6-7,9-10,12H2,1-3H3,(H,17,18). The quantitative estimate of drug-likeness (QED) is 0.894. The molecule has 112 valence electrons. The van der Waals surface area contributed by atoms with Gasteiger partial charge in [0.25, 0.3) is 0 Å². The van der Waals surface area contributed by atoms with Gasteiger partial charge < -0.3 is 15.1 Å². The minimum atomic E-state index is -0.285. The van der Waals surface area contributed by atoms with Gasteiger partial charge in [-0.15, -0.1) is 0 Å². The molecule has 0 aliphatic carbocycles. The van der Waals surface area contributed by atoms with E-state index in [1.807, 2.05) is 0 Å². The van der Waals surface area contributed by atoms with E-state index in [4.69, 9.17) is 0 Å². The molecule has 1 aromatic rings. The van der Waals surface area contributed by atoms with Crippen molar-refractivity contribution in [2.75, 3.05) is 45.6 Å². The minimum absolute atomic E-state index is 0.0986. The first-order valence-electron chi connectivity index (χ1n) is 7.30. The molecule has 0 bridgehead atoms. The van der Waals surface area contributed by atoms with Crippen molar-refractivity contribution in [1.29, 1.82) is 0 Å². The van der Waals surface area contributed by atoms with Crippen LogP contribution in [0.25, 0.3) is 0 Å². The van der Waals surface area contributed by atoms with Gasteiger partial charge in [0.2, 0.25) is 0 Å². The molecule has 2 heterocycles. The van der Waals surface area contributed by atoms with Crippen LogP contribution in [-0.4, -0.2) is 60.6 Å². The average Bonchev–Trinajstić information content (AvgIpc) is 2.47. The molecule has 1 aliphatic heterocycles. The van der Waals surface area contributed by atoms with Crippen molar-refractivity contribution in [2.45, 2.75) is 25.3 Å². The number of halogens is 1. The number of hydrogen-bond donors (Lipinski definition) is 1. The van der Waals surface area contributed by atoms with E-state index in [0.29, 0.717) is 5.69 Å². The Balaban J connectivity index is 2.02. The Morgan fingerprint density at radius 1 is 1.40 bits per heavy atom. The predicted octanol–water partition coefficient (Wildman–Crippen LogP) is 2.05. The van der Waals surface area contributed by atoms with E-state index >= 15 is 0 Å². The Kier molecular flexibility index (Phi) is 4.94. The average molecular weight is 280 g/mol. The van der Waals surface area contributed by atoms with Crippen LogP contribution in [0, 0.1) is 5.82 Å². The summed E-state index contributed by atoms with van der Waals surface area (Å²) in [6, 6.07) is 1.69. The van der Waals surface area contributed by atoms with Gasteiger partial charge in [0.1, 0.15) is 0 Å². The zero-order valence-corrected chi connectivity index (χ0v) is 12.7. The van der Waals surface area contributed by atoms with E-state index in [9.17, 15) is 4.39 Å². The van der Waals surface area contributed by atoms with Crippen LogP contribution in [0.4, 0.5) is 10.1 Å². The lowest BCUT2D eigenvalue weighted by atomic mass is 9.86. The number of aromatic nitrogens is 1. The summed E-state index contributed by atoms with van der Waals surface area (Å²) >= 11 is 0. The molecule has 2 rings (SSSR count). The van der Waals surface area contributed by atoms with Crippen LogP contribution in [0.2, 0.25) is 0 Å². The summed E-state index contributed by atoms with van der Waals surface area (Å²) in [4.78, 5) is 8.53. The molecule has 20 heavy (non-hydrogen) atoms. The first kappa shape index (κ1) is 15.2. The van der Waals surface area contributed by atoms with Gasteiger partial charge in [-0.3, -0.25) is 4.98 Å². The number of likely N-dealkylation sites (tertiary alicyclic amines) is 1. The van der Waals surface area contributed by atoms with Crippen molar-refractivity contribution in [3.8, 4) is 0 Å². The molecule has 4 nitrogen and oxygen atoms in total. The van der Waals surface area contributed by atoms with E-state index in [1.165, 1.54) is 6.20 Å². The molecule has 1 fully saturated rings. The normalized spacial score (nSPS) is 19.2. The van der Waals surface area contributed by atoms with Crippen molar-refractivity contribution in [3.63, 3.8) is 0 Å². The van der Waals surface area contributed by atoms with Crippen molar-refractivity contribution in [1.82, 2.24) is 14.8 Å². The molecular formula is C15H25FN4. The summed E-state index contributed by atoms with van der Waals surface area (Å²) in [6.45, 7) is 6.28. The number of rotatable bonds is 5. The van der Waals surface area contributed by atoms with E-state index in [-0.39, 0.29) is 11.4 Å². The highest BCUT2D eigenvalue weighted by Gasteiger charge is 2.36. The smallest absolute Gasteiger partial charge is 0.164 e. The summed E-state index contributed by atoms with van der Waals surface area (Å²) in [5.41, 5.74) is 0.639. The number of piperidine rings is 1. The second-order valence-electron chi connectivity index (χ2n) is 5.76. The van der Waals surface area contributed by atoms with Gasteiger partial charge >= 0.3 is 0 Å². The third-order valence-electron chi connectivity index (χ3n) is 4.56. The van der Waals surface area contributed by atoms with Gasteiger partial charge in [-0.1, -0.05) is 6.92 Å². The number of likely N-dealkylation sites (N-methyl/N-ethyl adjacent to an activating group) is 1. The van der Waals surface area contributed by atoms with Gasteiger partial charge in [0.05, 0.1) is 11.9 Å². The highest BCUT2D eigenvalue weighted by molar-refractivity contribution is 5.43. The molecule has 1 N–H and O–H groups in total. The zero-order chi connectivity index (χ0) is 14.6. The number of pyridine rings is 1. The van der Waals surface area contributed by atoms with Crippen LogP contribution in [0.3, 0.4) is 0 Å². The third kappa shape index (κ3) is 3.27. The highest BCUT2D eigenvalue weighted by atomic mass is 19.1. The topological polar surface area (TPSA) is 31.4 Å². The predicted molar refractivity (Wildman–Crippen MR) is 80.5 cm³/mol. The lowest BCUT2D eigenvalue weighted by Crippen LogP contribution is -2.56. The Bertz CT molecular complexity index is 428. The molecule has 0 saturated carbocycles. The Morgan fingerprint density at radius 2 is 2.10 bits per heavy atom.